The normalized spacial score (nSPS) is 24.1. The van der Waals surface area contributed by atoms with Crippen molar-refractivity contribution in [3.8, 4) is 0 Å². The number of pyridine rings is 1. The van der Waals surface area contributed by atoms with Gasteiger partial charge in [-0.3, -0.25) is 0 Å². The molecule has 1 aliphatic rings. The van der Waals surface area contributed by atoms with Gasteiger partial charge in [-0.15, -0.1) is 0 Å². The zero-order chi connectivity index (χ0) is 13.4. The second kappa shape index (κ2) is 4.81. The van der Waals surface area contributed by atoms with Crippen molar-refractivity contribution in [3.05, 3.63) is 18.6 Å². The maximum atomic E-state index is 5.95. The molecule has 2 N–H and O–H groups in total. The maximum absolute atomic E-state index is 5.95. The lowest BCUT2D eigenvalue weighted by molar-refractivity contribution is 0.365. The standard InChI is InChI=1S/C14H21N5/c1-10-4-6-19(11(7-10)8-15)14-13-12(3-5-16-14)18(2)9-17-13/h3,5,9-11H,4,6-8,15H2,1-2H3. The minimum Gasteiger partial charge on any atom is -0.350 e. The third kappa shape index (κ3) is 2.08. The van der Waals surface area contributed by atoms with Gasteiger partial charge >= 0.3 is 0 Å². The highest BCUT2D eigenvalue weighted by atomic mass is 15.2. The third-order valence-corrected chi connectivity index (χ3v) is 4.15. The summed E-state index contributed by atoms with van der Waals surface area (Å²) >= 11 is 0. The number of anilines is 1. The van der Waals surface area contributed by atoms with Crippen molar-refractivity contribution in [1.29, 1.82) is 0 Å². The van der Waals surface area contributed by atoms with Crippen LogP contribution in [0, 0.1) is 5.92 Å². The highest BCUT2D eigenvalue weighted by Crippen LogP contribution is 2.30. The van der Waals surface area contributed by atoms with Gasteiger partial charge in [0.15, 0.2) is 5.82 Å². The van der Waals surface area contributed by atoms with E-state index < -0.39 is 0 Å². The highest BCUT2D eigenvalue weighted by Gasteiger charge is 2.27. The number of hydrogen-bond acceptors (Lipinski definition) is 4. The number of aromatic nitrogens is 3. The van der Waals surface area contributed by atoms with Crippen LogP contribution in [-0.2, 0) is 7.05 Å². The molecule has 1 aliphatic heterocycles. The Labute approximate surface area is 113 Å². The van der Waals surface area contributed by atoms with Crippen LogP contribution >= 0.6 is 0 Å². The zero-order valence-corrected chi connectivity index (χ0v) is 11.6. The van der Waals surface area contributed by atoms with E-state index >= 15 is 0 Å². The fraction of sp³-hybridized carbons (Fsp3) is 0.571. The minimum atomic E-state index is 0.379. The number of hydrogen-bond donors (Lipinski definition) is 1. The van der Waals surface area contributed by atoms with Gasteiger partial charge in [-0.05, 0) is 24.8 Å². The summed E-state index contributed by atoms with van der Waals surface area (Å²) < 4.78 is 2.03. The molecule has 5 heteroatoms. The predicted octanol–water partition coefficient (Wildman–Crippen LogP) is 1.53. The average Bonchev–Trinajstić information content (AvgIpc) is 2.81. The molecule has 3 rings (SSSR count). The van der Waals surface area contributed by atoms with Crippen LogP contribution in [0.2, 0.25) is 0 Å². The molecule has 0 saturated carbocycles. The van der Waals surface area contributed by atoms with E-state index in [9.17, 15) is 0 Å². The molecule has 2 unspecified atom stereocenters. The molecule has 0 spiro atoms. The van der Waals surface area contributed by atoms with Gasteiger partial charge in [0.05, 0.1) is 11.8 Å². The van der Waals surface area contributed by atoms with Gasteiger partial charge in [0.25, 0.3) is 0 Å². The van der Waals surface area contributed by atoms with E-state index in [1.54, 1.807) is 0 Å². The van der Waals surface area contributed by atoms with Crippen LogP contribution in [0.4, 0.5) is 5.82 Å². The number of nitrogens with two attached hydrogens (primary N) is 1. The summed E-state index contributed by atoms with van der Waals surface area (Å²) in [7, 11) is 2.01. The fourth-order valence-corrected chi connectivity index (χ4v) is 3.01. The van der Waals surface area contributed by atoms with Gasteiger partial charge in [-0.2, -0.15) is 0 Å². The largest absolute Gasteiger partial charge is 0.350 e. The van der Waals surface area contributed by atoms with E-state index in [1.165, 1.54) is 6.42 Å². The summed E-state index contributed by atoms with van der Waals surface area (Å²) in [6.45, 7) is 4.00. The maximum Gasteiger partial charge on any atom is 0.157 e. The van der Waals surface area contributed by atoms with Crippen molar-refractivity contribution >= 4 is 16.9 Å². The SMILES string of the molecule is CC1CCN(c2nccc3c2ncn3C)C(CN)C1. The van der Waals surface area contributed by atoms with Crippen molar-refractivity contribution in [2.45, 2.75) is 25.8 Å². The predicted molar refractivity (Wildman–Crippen MR) is 77.1 cm³/mol. The Bertz CT molecular complexity index is 576. The first-order chi connectivity index (χ1) is 9.20. The molecule has 102 valence electrons. The molecule has 0 bridgehead atoms. The molecule has 2 aromatic rings. The van der Waals surface area contributed by atoms with Crippen LogP contribution < -0.4 is 10.6 Å². The Morgan fingerprint density at radius 1 is 1.42 bits per heavy atom. The van der Waals surface area contributed by atoms with Crippen LogP contribution in [-0.4, -0.2) is 33.7 Å². The first-order valence-corrected chi connectivity index (χ1v) is 6.93. The molecular formula is C14H21N5. The Morgan fingerprint density at radius 2 is 2.26 bits per heavy atom. The summed E-state index contributed by atoms with van der Waals surface area (Å²) in [4.78, 5) is 11.4. The van der Waals surface area contributed by atoms with Crippen LogP contribution in [0.1, 0.15) is 19.8 Å². The third-order valence-electron chi connectivity index (χ3n) is 4.15. The second-order valence-corrected chi connectivity index (χ2v) is 5.57. The zero-order valence-electron chi connectivity index (χ0n) is 11.6. The molecule has 1 fully saturated rings. The number of piperidine rings is 1. The van der Waals surface area contributed by atoms with E-state index in [0.29, 0.717) is 12.6 Å². The number of aryl methyl sites for hydroxylation is 1. The van der Waals surface area contributed by atoms with Crippen molar-refractivity contribution in [2.75, 3.05) is 18.0 Å². The summed E-state index contributed by atoms with van der Waals surface area (Å²) in [5.41, 5.74) is 8.06. The number of fused-ring (bicyclic) bond motifs is 1. The van der Waals surface area contributed by atoms with E-state index in [0.717, 1.165) is 35.7 Å². The van der Waals surface area contributed by atoms with Crippen LogP contribution in [0.5, 0.6) is 0 Å². The molecule has 5 nitrogen and oxygen atoms in total. The second-order valence-electron chi connectivity index (χ2n) is 5.57. The fourth-order valence-electron chi connectivity index (χ4n) is 3.01. The monoisotopic (exact) mass is 259 g/mol. The summed E-state index contributed by atoms with van der Waals surface area (Å²) in [6, 6.07) is 2.39. The smallest absolute Gasteiger partial charge is 0.157 e. The molecule has 1 saturated heterocycles. The molecule has 0 amide bonds. The van der Waals surface area contributed by atoms with Gasteiger partial charge in [0.1, 0.15) is 5.52 Å². The number of nitrogens with zero attached hydrogens (tertiary/aromatic N) is 4. The molecule has 0 radical (unpaired) electrons. The number of rotatable bonds is 2. The summed E-state index contributed by atoms with van der Waals surface area (Å²) in [6.07, 6.45) is 6.05. The average molecular weight is 259 g/mol. The van der Waals surface area contributed by atoms with Gasteiger partial charge in [0, 0.05) is 32.4 Å². The molecule has 2 aromatic heterocycles. The summed E-state index contributed by atoms with van der Waals surface area (Å²) in [5, 5.41) is 0. The van der Waals surface area contributed by atoms with Gasteiger partial charge < -0.3 is 15.2 Å². The van der Waals surface area contributed by atoms with Crippen LogP contribution in [0.25, 0.3) is 11.0 Å². The molecule has 19 heavy (non-hydrogen) atoms. The van der Waals surface area contributed by atoms with Crippen molar-refractivity contribution in [3.63, 3.8) is 0 Å². The molecule has 0 aromatic carbocycles. The van der Waals surface area contributed by atoms with Crippen LogP contribution in [0.15, 0.2) is 18.6 Å². The quantitative estimate of drug-likeness (QED) is 0.888. The topological polar surface area (TPSA) is 60.0 Å². The van der Waals surface area contributed by atoms with E-state index in [2.05, 4.69) is 21.8 Å². The Hall–Kier alpha value is -1.62. The Morgan fingerprint density at radius 3 is 3.05 bits per heavy atom. The minimum absolute atomic E-state index is 0.379. The lowest BCUT2D eigenvalue weighted by Crippen LogP contribution is -2.46. The Balaban J connectivity index is 2.03. The van der Waals surface area contributed by atoms with Crippen molar-refractivity contribution in [2.24, 2.45) is 18.7 Å². The highest BCUT2D eigenvalue weighted by molar-refractivity contribution is 5.86. The van der Waals surface area contributed by atoms with E-state index in [-0.39, 0.29) is 0 Å². The number of imidazole rings is 1. The van der Waals surface area contributed by atoms with Gasteiger partial charge in [-0.25, -0.2) is 9.97 Å². The van der Waals surface area contributed by atoms with Gasteiger partial charge in [-0.1, -0.05) is 6.92 Å². The molecule has 2 atom stereocenters. The van der Waals surface area contributed by atoms with Crippen LogP contribution in [0.3, 0.4) is 0 Å². The summed E-state index contributed by atoms with van der Waals surface area (Å²) in [5.74, 6) is 1.73. The first kappa shape index (κ1) is 12.4. The van der Waals surface area contributed by atoms with Crippen molar-refractivity contribution < 1.29 is 0 Å². The van der Waals surface area contributed by atoms with E-state index in [4.69, 9.17) is 5.73 Å². The van der Waals surface area contributed by atoms with Gasteiger partial charge in [0.2, 0.25) is 0 Å². The Kier molecular flexibility index (Phi) is 3.14. The lowest BCUT2D eigenvalue weighted by Gasteiger charge is -2.38. The molecular weight excluding hydrogens is 238 g/mol. The molecule has 0 aliphatic carbocycles. The lowest BCUT2D eigenvalue weighted by atomic mass is 9.92. The van der Waals surface area contributed by atoms with E-state index in [1.807, 2.05) is 30.2 Å². The first-order valence-electron chi connectivity index (χ1n) is 6.93. The van der Waals surface area contributed by atoms with Crippen molar-refractivity contribution in [1.82, 2.24) is 14.5 Å². The molecule has 3 heterocycles.